The number of hydrogen-bond donors (Lipinski definition) is 0. The molecular formula is C4H4Cl3NO2. The normalized spacial score (nSPS) is 13.4. The lowest BCUT2D eigenvalue weighted by Crippen LogP contribution is -2.02. The average Bonchev–Trinajstić information content (AvgIpc) is 1.60. The molecule has 0 aliphatic carbocycles. The number of nitro groups is 1. The summed E-state index contributed by atoms with van der Waals surface area (Å²) in [6.07, 6.45) is 0.942. The second-order valence-electron chi connectivity index (χ2n) is 1.58. The molecule has 0 atom stereocenters. The number of allylic oxidation sites excluding steroid dienone is 2. The summed E-state index contributed by atoms with van der Waals surface area (Å²) >= 11 is 15.7. The molecule has 0 aromatic rings. The van der Waals surface area contributed by atoms with Crippen molar-refractivity contribution in [3.05, 3.63) is 21.9 Å². The van der Waals surface area contributed by atoms with Gasteiger partial charge in [-0.05, 0) is 0 Å². The Labute approximate surface area is 72.7 Å². The van der Waals surface area contributed by atoms with Crippen molar-refractivity contribution in [1.82, 2.24) is 0 Å². The third-order valence-corrected chi connectivity index (χ3v) is 0.988. The molecule has 0 aromatic carbocycles. The van der Waals surface area contributed by atoms with E-state index in [1.54, 1.807) is 0 Å². The maximum Gasteiger partial charge on any atom is 0.243 e. The second kappa shape index (κ2) is 3.42. The molecule has 0 N–H and O–H groups in total. The maximum absolute atomic E-state index is 9.94. The highest BCUT2D eigenvalue weighted by molar-refractivity contribution is 6.68. The van der Waals surface area contributed by atoms with Gasteiger partial charge in [-0.3, -0.25) is 10.1 Å². The van der Waals surface area contributed by atoms with Gasteiger partial charge in [0.2, 0.25) is 9.49 Å². The van der Waals surface area contributed by atoms with Crippen LogP contribution in [-0.2, 0) is 0 Å². The Morgan fingerprint density at radius 1 is 1.60 bits per heavy atom. The molecular weight excluding hydrogens is 200 g/mol. The smallest absolute Gasteiger partial charge is 0.243 e. The van der Waals surface area contributed by atoms with Gasteiger partial charge in [-0.25, -0.2) is 0 Å². The zero-order chi connectivity index (χ0) is 8.36. The SMILES string of the molecule is C/C(=C\C(Cl)(Cl)Cl)[N+](=O)[O-]. The molecule has 0 rings (SSSR count). The van der Waals surface area contributed by atoms with Crippen molar-refractivity contribution in [2.75, 3.05) is 0 Å². The molecule has 0 saturated heterocycles. The topological polar surface area (TPSA) is 43.1 Å². The molecule has 3 nitrogen and oxygen atoms in total. The third kappa shape index (κ3) is 4.85. The van der Waals surface area contributed by atoms with Crippen LogP contribution < -0.4 is 0 Å². The van der Waals surface area contributed by atoms with Gasteiger partial charge in [-0.15, -0.1) is 0 Å². The second-order valence-corrected chi connectivity index (χ2v) is 3.95. The van der Waals surface area contributed by atoms with E-state index < -0.39 is 8.72 Å². The first-order valence-corrected chi connectivity index (χ1v) is 3.37. The first-order chi connectivity index (χ1) is 4.33. The average molecular weight is 204 g/mol. The zero-order valence-corrected chi connectivity index (χ0v) is 7.24. The van der Waals surface area contributed by atoms with Gasteiger partial charge in [0.1, 0.15) is 0 Å². The monoisotopic (exact) mass is 203 g/mol. The van der Waals surface area contributed by atoms with Gasteiger partial charge in [-0.1, -0.05) is 34.8 Å². The fourth-order valence-corrected chi connectivity index (χ4v) is 0.763. The highest BCUT2D eigenvalue weighted by Crippen LogP contribution is 2.28. The Morgan fingerprint density at radius 2 is 2.00 bits per heavy atom. The Morgan fingerprint density at radius 3 is 2.10 bits per heavy atom. The number of nitrogens with zero attached hydrogens (tertiary/aromatic N) is 1. The number of rotatable bonds is 1. The molecule has 6 heteroatoms. The van der Waals surface area contributed by atoms with Crippen LogP contribution in [0.15, 0.2) is 11.8 Å². The molecule has 0 radical (unpaired) electrons. The summed E-state index contributed by atoms with van der Waals surface area (Å²) in [5.41, 5.74) is -0.181. The summed E-state index contributed by atoms with van der Waals surface area (Å²) in [5, 5.41) is 9.94. The fourth-order valence-electron chi connectivity index (χ4n) is 0.290. The van der Waals surface area contributed by atoms with E-state index in [4.69, 9.17) is 34.8 Å². The maximum atomic E-state index is 9.94. The molecule has 10 heavy (non-hydrogen) atoms. The fraction of sp³-hybridized carbons (Fsp3) is 0.500. The van der Waals surface area contributed by atoms with Gasteiger partial charge in [0, 0.05) is 13.0 Å². The van der Waals surface area contributed by atoms with E-state index in [1.165, 1.54) is 6.92 Å². The number of hydrogen-bond acceptors (Lipinski definition) is 2. The molecule has 0 bridgehead atoms. The van der Waals surface area contributed by atoms with Crippen LogP contribution in [0.2, 0.25) is 0 Å². The van der Waals surface area contributed by atoms with E-state index in [-0.39, 0.29) is 5.70 Å². The Balaban J connectivity index is 4.32. The van der Waals surface area contributed by atoms with Crippen LogP contribution in [0.25, 0.3) is 0 Å². The van der Waals surface area contributed by atoms with Crippen LogP contribution in [-0.4, -0.2) is 8.72 Å². The Hall–Kier alpha value is 0.01000. The standard InChI is InChI=1S/C4H4Cl3NO2/c1-3(8(9)10)2-4(5,6)7/h2H,1H3/b3-2+. The van der Waals surface area contributed by atoms with Crippen LogP contribution in [0, 0.1) is 10.1 Å². The molecule has 0 heterocycles. The minimum Gasteiger partial charge on any atom is -0.259 e. The summed E-state index contributed by atoms with van der Waals surface area (Å²) < 4.78 is -1.68. The molecule has 0 unspecified atom stereocenters. The molecule has 58 valence electrons. The molecule has 0 saturated carbocycles. The molecule has 0 spiro atoms. The van der Waals surface area contributed by atoms with E-state index in [9.17, 15) is 10.1 Å². The molecule has 0 aliphatic rings. The van der Waals surface area contributed by atoms with E-state index in [0.29, 0.717) is 0 Å². The largest absolute Gasteiger partial charge is 0.259 e. The highest BCUT2D eigenvalue weighted by Gasteiger charge is 2.19. The van der Waals surface area contributed by atoms with Crippen LogP contribution in [0.4, 0.5) is 0 Å². The minimum atomic E-state index is -1.68. The molecule has 0 aromatic heterocycles. The van der Waals surface area contributed by atoms with Gasteiger partial charge in [-0.2, -0.15) is 0 Å². The van der Waals surface area contributed by atoms with Crippen LogP contribution in [0.3, 0.4) is 0 Å². The predicted octanol–water partition coefficient (Wildman–Crippen LogP) is 2.54. The van der Waals surface area contributed by atoms with Crippen molar-refractivity contribution in [1.29, 1.82) is 0 Å². The molecule has 0 fully saturated rings. The van der Waals surface area contributed by atoms with Gasteiger partial charge in [0.05, 0.1) is 4.92 Å². The van der Waals surface area contributed by atoms with E-state index in [1.807, 2.05) is 0 Å². The van der Waals surface area contributed by atoms with Gasteiger partial charge in [0.25, 0.3) is 0 Å². The predicted molar refractivity (Wildman–Crippen MR) is 41.0 cm³/mol. The van der Waals surface area contributed by atoms with E-state index in [0.717, 1.165) is 6.08 Å². The summed E-state index contributed by atoms with van der Waals surface area (Å²) in [5.74, 6) is 0. The van der Waals surface area contributed by atoms with Crippen molar-refractivity contribution in [2.45, 2.75) is 10.7 Å². The Bertz CT molecular complexity index is 172. The van der Waals surface area contributed by atoms with Gasteiger partial charge >= 0.3 is 0 Å². The van der Waals surface area contributed by atoms with Crippen molar-refractivity contribution in [2.24, 2.45) is 0 Å². The van der Waals surface area contributed by atoms with Crippen LogP contribution in [0.5, 0.6) is 0 Å². The highest BCUT2D eigenvalue weighted by atomic mass is 35.6. The summed E-state index contributed by atoms with van der Waals surface area (Å²) in [6, 6.07) is 0. The lowest BCUT2D eigenvalue weighted by Gasteiger charge is -2.00. The van der Waals surface area contributed by atoms with Crippen molar-refractivity contribution < 1.29 is 4.92 Å². The third-order valence-electron chi connectivity index (χ3n) is 0.661. The van der Waals surface area contributed by atoms with Crippen molar-refractivity contribution in [3.63, 3.8) is 0 Å². The van der Waals surface area contributed by atoms with Crippen LogP contribution in [0.1, 0.15) is 6.92 Å². The van der Waals surface area contributed by atoms with Gasteiger partial charge < -0.3 is 0 Å². The summed E-state index contributed by atoms with van der Waals surface area (Å²) in [7, 11) is 0. The minimum absolute atomic E-state index is 0.181. The van der Waals surface area contributed by atoms with Crippen molar-refractivity contribution >= 4 is 34.8 Å². The lowest BCUT2D eigenvalue weighted by molar-refractivity contribution is -0.424. The molecule has 0 aliphatic heterocycles. The zero-order valence-electron chi connectivity index (χ0n) is 4.97. The quantitative estimate of drug-likeness (QED) is 0.374. The number of halogens is 3. The summed E-state index contributed by atoms with van der Waals surface area (Å²) in [4.78, 5) is 9.32. The molecule has 0 amide bonds. The number of alkyl halides is 3. The first kappa shape index (κ1) is 10.0. The van der Waals surface area contributed by atoms with E-state index in [2.05, 4.69) is 0 Å². The van der Waals surface area contributed by atoms with Crippen molar-refractivity contribution in [3.8, 4) is 0 Å². The lowest BCUT2D eigenvalue weighted by atomic mass is 10.5. The van der Waals surface area contributed by atoms with Crippen LogP contribution >= 0.6 is 34.8 Å². The summed E-state index contributed by atoms with van der Waals surface area (Å²) in [6.45, 7) is 1.25. The van der Waals surface area contributed by atoms with Gasteiger partial charge in [0.15, 0.2) is 0 Å². The Kier molecular flexibility index (Phi) is 3.42. The first-order valence-electron chi connectivity index (χ1n) is 2.23. The van der Waals surface area contributed by atoms with E-state index >= 15 is 0 Å².